The number of halogens is 1. The van der Waals surface area contributed by atoms with E-state index >= 15 is 0 Å². The van der Waals surface area contributed by atoms with Gasteiger partial charge in [-0.15, -0.1) is 11.6 Å². The summed E-state index contributed by atoms with van der Waals surface area (Å²) in [5.74, 6) is 0.731. The van der Waals surface area contributed by atoms with Crippen LogP contribution in [0.3, 0.4) is 0 Å². The van der Waals surface area contributed by atoms with Gasteiger partial charge in [0.05, 0.1) is 18.6 Å². The molecule has 3 atom stereocenters. The summed E-state index contributed by atoms with van der Waals surface area (Å²) in [6.07, 6.45) is 18.1. The van der Waals surface area contributed by atoms with Crippen LogP contribution in [0.4, 0.5) is 0 Å². The summed E-state index contributed by atoms with van der Waals surface area (Å²) in [5.41, 5.74) is 1.20. The van der Waals surface area contributed by atoms with E-state index in [2.05, 4.69) is 31.2 Å². The highest BCUT2D eigenvalue weighted by Crippen LogP contribution is 2.32. The topological polar surface area (TPSA) is 35.5 Å². The van der Waals surface area contributed by atoms with Crippen molar-refractivity contribution in [3.63, 3.8) is 0 Å². The minimum atomic E-state index is -0.0224. The number of carbonyl (C=O) groups is 1. The number of esters is 1. The molecule has 2 rings (SSSR count). The molecule has 0 amide bonds. The zero-order valence-corrected chi connectivity index (χ0v) is 21.0. The Morgan fingerprint density at radius 2 is 1.56 bits per heavy atom. The van der Waals surface area contributed by atoms with Crippen molar-refractivity contribution < 1.29 is 14.3 Å². The molecular weight excluding hydrogens is 420 g/mol. The summed E-state index contributed by atoms with van der Waals surface area (Å²) in [5, 5.41) is 0. The van der Waals surface area contributed by atoms with E-state index in [0.29, 0.717) is 12.5 Å². The van der Waals surface area contributed by atoms with Gasteiger partial charge in [0, 0.05) is 12.3 Å². The van der Waals surface area contributed by atoms with Crippen molar-refractivity contribution in [3.8, 4) is 0 Å². The fraction of sp³-hybridized carbons (Fsp3) is 0.750. The van der Waals surface area contributed by atoms with Crippen molar-refractivity contribution in [1.29, 1.82) is 0 Å². The van der Waals surface area contributed by atoms with Gasteiger partial charge in [-0.25, -0.2) is 0 Å². The van der Waals surface area contributed by atoms with Crippen LogP contribution >= 0.6 is 11.6 Å². The zero-order valence-electron chi connectivity index (χ0n) is 20.2. The average molecular weight is 465 g/mol. The van der Waals surface area contributed by atoms with Crippen LogP contribution in [0.1, 0.15) is 109 Å². The summed E-state index contributed by atoms with van der Waals surface area (Å²) in [4.78, 5) is 12.0. The van der Waals surface area contributed by atoms with E-state index in [1.54, 1.807) is 0 Å². The standard InChI is InChI=1S/C28H45ClO3/c1-2-3-4-5-6-7-8-9-14-19-25(31-23-24-17-12-10-13-18-24)22-27-26(28(30)32-27)20-15-11-16-21-29/h10,12-13,17-18,25-27H,2-9,11,14-16,19-23H2,1H3/t25?,26-,27-/m0/s1. The summed E-state index contributed by atoms with van der Waals surface area (Å²) in [6, 6.07) is 10.4. The van der Waals surface area contributed by atoms with Crippen molar-refractivity contribution >= 4 is 17.6 Å². The molecule has 1 aromatic rings. The molecular formula is C28H45ClO3. The van der Waals surface area contributed by atoms with Crippen LogP contribution in [0.2, 0.25) is 0 Å². The summed E-state index contributed by atoms with van der Waals surface area (Å²) < 4.78 is 11.9. The largest absolute Gasteiger partial charge is 0.461 e. The van der Waals surface area contributed by atoms with Crippen LogP contribution in [0.25, 0.3) is 0 Å². The van der Waals surface area contributed by atoms with Crippen LogP contribution in [0, 0.1) is 5.92 Å². The molecule has 1 saturated heterocycles. The van der Waals surface area contributed by atoms with Crippen LogP contribution in [-0.2, 0) is 20.9 Å². The predicted octanol–water partition coefficient (Wildman–Crippen LogP) is 8.22. The van der Waals surface area contributed by atoms with Gasteiger partial charge in [0.25, 0.3) is 0 Å². The Labute approximate surface area is 201 Å². The summed E-state index contributed by atoms with van der Waals surface area (Å²) in [6.45, 7) is 2.90. The second-order valence-electron chi connectivity index (χ2n) is 9.39. The maximum Gasteiger partial charge on any atom is 0.313 e. The fourth-order valence-corrected chi connectivity index (χ4v) is 4.74. The number of alkyl halides is 1. The van der Waals surface area contributed by atoms with Crippen LogP contribution in [0.15, 0.2) is 30.3 Å². The van der Waals surface area contributed by atoms with Gasteiger partial charge in [-0.05, 0) is 24.8 Å². The number of benzene rings is 1. The molecule has 3 nitrogen and oxygen atoms in total. The molecule has 32 heavy (non-hydrogen) atoms. The molecule has 0 aliphatic carbocycles. The first-order chi connectivity index (χ1) is 15.7. The normalized spacial score (nSPS) is 18.9. The van der Waals surface area contributed by atoms with Gasteiger partial charge < -0.3 is 9.47 Å². The molecule has 1 fully saturated rings. The van der Waals surface area contributed by atoms with Crippen molar-refractivity contribution in [2.75, 3.05) is 5.88 Å². The molecule has 0 spiro atoms. The quantitative estimate of drug-likeness (QED) is 0.111. The van der Waals surface area contributed by atoms with Crippen molar-refractivity contribution in [1.82, 2.24) is 0 Å². The third-order valence-electron chi connectivity index (χ3n) is 6.62. The molecule has 1 aliphatic heterocycles. The van der Waals surface area contributed by atoms with Crippen LogP contribution < -0.4 is 0 Å². The van der Waals surface area contributed by atoms with E-state index < -0.39 is 0 Å². The van der Waals surface area contributed by atoms with Gasteiger partial charge in [-0.3, -0.25) is 4.79 Å². The van der Waals surface area contributed by atoms with E-state index in [0.717, 1.165) is 38.5 Å². The van der Waals surface area contributed by atoms with E-state index in [4.69, 9.17) is 21.1 Å². The number of hydrogen-bond donors (Lipinski definition) is 0. The van der Waals surface area contributed by atoms with E-state index in [1.807, 2.05) is 6.07 Å². The first-order valence-corrected chi connectivity index (χ1v) is 13.7. The number of ether oxygens (including phenoxy) is 2. The molecule has 0 N–H and O–H groups in total. The third-order valence-corrected chi connectivity index (χ3v) is 6.89. The lowest BCUT2D eigenvalue weighted by Gasteiger charge is -2.37. The third kappa shape index (κ3) is 11.2. The Balaban J connectivity index is 1.72. The lowest BCUT2D eigenvalue weighted by molar-refractivity contribution is -0.190. The summed E-state index contributed by atoms with van der Waals surface area (Å²) in [7, 11) is 0. The minimum absolute atomic E-state index is 0.0224. The van der Waals surface area contributed by atoms with Gasteiger partial charge in [0.2, 0.25) is 0 Å². The van der Waals surface area contributed by atoms with Gasteiger partial charge in [0.1, 0.15) is 6.10 Å². The Hall–Kier alpha value is -1.06. The maximum absolute atomic E-state index is 12.0. The maximum atomic E-state index is 12.0. The molecule has 1 heterocycles. The molecule has 182 valence electrons. The van der Waals surface area contributed by atoms with Crippen LogP contribution in [0.5, 0.6) is 0 Å². The van der Waals surface area contributed by atoms with Crippen molar-refractivity contribution in [2.45, 2.75) is 122 Å². The molecule has 1 unspecified atom stereocenters. The fourth-order valence-electron chi connectivity index (χ4n) is 4.55. The SMILES string of the molecule is CCCCCCCCCCCC(C[C@@H]1OC(=O)[C@H]1CCCCCCl)OCc1ccccc1. The lowest BCUT2D eigenvalue weighted by atomic mass is 9.86. The monoisotopic (exact) mass is 464 g/mol. The van der Waals surface area contributed by atoms with Crippen molar-refractivity contribution in [2.24, 2.45) is 5.92 Å². The van der Waals surface area contributed by atoms with Crippen LogP contribution in [-0.4, -0.2) is 24.1 Å². The number of unbranched alkanes of at least 4 members (excludes halogenated alkanes) is 10. The second-order valence-corrected chi connectivity index (χ2v) is 9.77. The van der Waals surface area contributed by atoms with Gasteiger partial charge in [-0.2, -0.15) is 0 Å². The highest BCUT2D eigenvalue weighted by Gasteiger charge is 2.42. The number of carbonyl (C=O) groups excluding carboxylic acids is 1. The molecule has 0 aromatic heterocycles. The summed E-state index contributed by atoms with van der Waals surface area (Å²) >= 11 is 5.78. The lowest BCUT2D eigenvalue weighted by Crippen LogP contribution is -2.47. The second kappa shape index (κ2) is 17.4. The van der Waals surface area contributed by atoms with Gasteiger partial charge >= 0.3 is 5.97 Å². The van der Waals surface area contributed by atoms with Gasteiger partial charge in [-0.1, -0.05) is 108 Å². The molecule has 1 aliphatic rings. The van der Waals surface area contributed by atoms with Crippen molar-refractivity contribution in [3.05, 3.63) is 35.9 Å². The average Bonchev–Trinajstić information content (AvgIpc) is 2.81. The first kappa shape index (κ1) is 27.2. The zero-order chi connectivity index (χ0) is 22.9. The Bertz CT molecular complexity index is 592. The smallest absolute Gasteiger partial charge is 0.313 e. The molecule has 0 bridgehead atoms. The van der Waals surface area contributed by atoms with Gasteiger partial charge in [0.15, 0.2) is 0 Å². The Morgan fingerprint density at radius 1 is 0.906 bits per heavy atom. The van der Waals surface area contributed by atoms with E-state index in [1.165, 1.54) is 63.4 Å². The number of cyclic esters (lactones) is 1. The Morgan fingerprint density at radius 3 is 2.22 bits per heavy atom. The molecule has 1 aromatic carbocycles. The molecule has 0 radical (unpaired) electrons. The predicted molar refractivity (Wildman–Crippen MR) is 134 cm³/mol. The van der Waals surface area contributed by atoms with E-state index in [-0.39, 0.29) is 24.1 Å². The highest BCUT2D eigenvalue weighted by molar-refractivity contribution is 6.17. The molecule has 4 heteroatoms. The number of rotatable bonds is 20. The highest BCUT2D eigenvalue weighted by atomic mass is 35.5. The van der Waals surface area contributed by atoms with E-state index in [9.17, 15) is 4.79 Å². The number of hydrogen-bond acceptors (Lipinski definition) is 3. The first-order valence-electron chi connectivity index (χ1n) is 13.2. The molecule has 0 saturated carbocycles. The Kier molecular flexibility index (Phi) is 14.8. The minimum Gasteiger partial charge on any atom is -0.461 e.